The van der Waals surface area contributed by atoms with Gasteiger partial charge in [-0.05, 0) is 18.2 Å². The predicted molar refractivity (Wildman–Crippen MR) is 64.8 cm³/mol. The third-order valence-corrected chi connectivity index (χ3v) is 2.29. The quantitative estimate of drug-likeness (QED) is 0.834. The van der Waals surface area contributed by atoms with Crippen LogP contribution in [0.15, 0.2) is 24.3 Å². The number of nitrogens with one attached hydrogen (secondary N) is 1. The number of anilines is 1. The summed E-state index contributed by atoms with van der Waals surface area (Å²) < 4.78 is 0. The summed E-state index contributed by atoms with van der Waals surface area (Å²) in [6, 6.07) is 6.70. The van der Waals surface area contributed by atoms with Gasteiger partial charge in [-0.3, -0.25) is 9.59 Å². The Morgan fingerprint density at radius 2 is 2.18 bits per heavy atom. The average molecular weight is 257 g/mol. The van der Waals surface area contributed by atoms with Crippen molar-refractivity contribution in [1.29, 1.82) is 0 Å². The van der Waals surface area contributed by atoms with E-state index in [-0.39, 0.29) is 12.5 Å². The zero-order valence-corrected chi connectivity index (χ0v) is 10.1. The van der Waals surface area contributed by atoms with Crippen molar-refractivity contribution in [1.82, 2.24) is 4.90 Å². The molecule has 0 fully saturated rings. The second-order valence-electron chi connectivity index (χ2n) is 3.47. The number of aliphatic hydroxyl groups excluding tert-OH is 1. The van der Waals surface area contributed by atoms with Gasteiger partial charge in [-0.2, -0.15) is 0 Å². The molecule has 1 aromatic carbocycles. The van der Waals surface area contributed by atoms with Crippen LogP contribution in [0.5, 0.6) is 0 Å². The normalized spacial score (nSPS) is 9.82. The van der Waals surface area contributed by atoms with Crippen LogP contribution in [0.4, 0.5) is 5.69 Å². The van der Waals surface area contributed by atoms with E-state index in [1.165, 1.54) is 7.05 Å². The van der Waals surface area contributed by atoms with Crippen molar-refractivity contribution in [2.45, 2.75) is 0 Å². The van der Waals surface area contributed by atoms with Gasteiger partial charge >= 0.3 is 0 Å². The monoisotopic (exact) mass is 256 g/mol. The first-order valence-electron chi connectivity index (χ1n) is 4.93. The minimum absolute atomic E-state index is 0.119. The van der Waals surface area contributed by atoms with Gasteiger partial charge < -0.3 is 15.3 Å². The fraction of sp³-hybridized carbons (Fsp3) is 0.273. The van der Waals surface area contributed by atoms with Crippen LogP contribution in [0.3, 0.4) is 0 Å². The third kappa shape index (κ3) is 4.42. The molecule has 92 valence electrons. The molecule has 0 aromatic heterocycles. The Hall–Kier alpha value is -1.59. The van der Waals surface area contributed by atoms with E-state index in [9.17, 15) is 9.59 Å². The largest absolute Gasteiger partial charge is 0.387 e. The van der Waals surface area contributed by atoms with Crippen molar-refractivity contribution in [2.75, 3.05) is 25.5 Å². The predicted octanol–water partition coefficient (Wildman–Crippen LogP) is 0.729. The highest BCUT2D eigenvalue weighted by molar-refractivity contribution is 6.30. The van der Waals surface area contributed by atoms with Gasteiger partial charge in [0.05, 0.1) is 6.54 Å². The molecule has 0 bridgehead atoms. The Kier molecular flexibility index (Phi) is 4.93. The molecule has 17 heavy (non-hydrogen) atoms. The number of aliphatic hydroxyl groups is 1. The molecule has 0 saturated carbocycles. The molecule has 1 rings (SSSR count). The summed E-state index contributed by atoms with van der Waals surface area (Å²) in [6.45, 7) is -0.729. The number of amides is 2. The molecular formula is C11H13ClN2O3. The van der Waals surface area contributed by atoms with E-state index in [1.54, 1.807) is 24.3 Å². The summed E-state index contributed by atoms with van der Waals surface area (Å²) in [6.07, 6.45) is 0. The molecule has 0 aliphatic carbocycles. The zero-order chi connectivity index (χ0) is 12.8. The number of carbonyl (C=O) groups excluding carboxylic acids is 2. The van der Waals surface area contributed by atoms with E-state index >= 15 is 0 Å². The van der Waals surface area contributed by atoms with Crippen LogP contribution in [-0.2, 0) is 9.59 Å². The number of carbonyl (C=O) groups is 2. The lowest BCUT2D eigenvalue weighted by atomic mass is 10.3. The molecular weight excluding hydrogens is 244 g/mol. The lowest BCUT2D eigenvalue weighted by molar-refractivity contribution is -0.135. The molecule has 2 amide bonds. The van der Waals surface area contributed by atoms with Gasteiger partial charge in [-0.15, -0.1) is 0 Å². The highest BCUT2D eigenvalue weighted by Gasteiger charge is 2.11. The number of hydrogen-bond acceptors (Lipinski definition) is 3. The van der Waals surface area contributed by atoms with E-state index in [2.05, 4.69) is 5.32 Å². The Morgan fingerprint density at radius 1 is 1.47 bits per heavy atom. The highest BCUT2D eigenvalue weighted by atomic mass is 35.5. The lowest BCUT2D eigenvalue weighted by Crippen LogP contribution is -2.36. The van der Waals surface area contributed by atoms with Crippen LogP contribution in [0.25, 0.3) is 0 Å². The number of halogens is 1. The molecule has 0 aliphatic rings. The van der Waals surface area contributed by atoms with E-state index in [1.807, 2.05) is 0 Å². The molecule has 0 spiro atoms. The summed E-state index contributed by atoms with van der Waals surface area (Å²) in [5.74, 6) is -0.859. The molecule has 0 heterocycles. The smallest absolute Gasteiger partial charge is 0.248 e. The van der Waals surface area contributed by atoms with Gasteiger partial charge in [-0.25, -0.2) is 0 Å². The topological polar surface area (TPSA) is 69.6 Å². The molecule has 5 nitrogen and oxygen atoms in total. The van der Waals surface area contributed by atoms with Gasteiger partial charge in [0.2, 0.25) is 11.8 Å². The number of hydrogen-bond donors (Lipinski definition) is 2. The number of benzene rings is 1. The SMILES string of the molecule is CN(CC(=O)Nc1cccc(Cl)c1)C(=O)CO. The molecule has 0 radical (unpaired) electrons. The molecule has 0 unspecified atom stereocenters. The Balaban J connectivity index is 2.53. The number of likely N-dealkylation sites (N-methyl/N-ethyl adjacent to an activating group) is 1. The molecule has 6 heteroatoms. The van der Waals surface area contributed by atoms with Gasteiger partial charge in [0.1, 0.15) is 6.61 Å². The van der Waals surface area contributed by atoms with E-state index in [0.717, 1.165) is 4.90 Å². The van der Waals surface area contributed by atoms with Gasteiger partial charge in [0.25, 0.3) is 0 Å². The summed E-state index contributed by atoms with van der Waals surface area (Å²) >= 11 is 5.76. The van der Waals surface area contributed by atoms with Crippen LogP contribution in [0.1, 0.15) is 0 Å². The first-order chi connectivity index (χ1) is 8.02. The van der Waals surface area contributed by atoms with Crippen molar-refractivity contribution >= 4 is 29.1 Å². The van der Waals surface area contributed by atoms with E-state index in [0.29, 0.717) is 10.7 Å². The second kappa shape index (κ2) is 6.22. The molecule has 0 saturated heterocycles. The van der Waals surface area contributed by atoms with Crippen LogP contribution in [-0.4, -0.2) is 42.0 Å². The van der Waals surface area contributed by atoms with Crippen molar-refractivity contribution in [2.24, 2.45) is 0 Å². The maximum absolute atomic E-state index is 11.5. The Bertz CT molecular complexity index is 423. The fourth-order valence-electron chi connectivity index (χ4n) is 1.19. The maximum Gasteiger partial charge on any atom is 0.248 e. The van der Waals surface area contributed by atoms with E-state index in [4.69, 9.17) is 16.7 Å². The second-order valence-corrected chi connectivity index (χ2v) is 3.90. The summed E-state index contributed by atoms with van der Waals surface area (Å²) in [5.41, 5.74) is 0.562. The van der Waals surface area contributed by atoms with Crippen LogP contribution < -0.4 is 5.32 Å². The first-order valence-corrected chi connectivity index (χ1v) is 5.31. The Labute approximate surface area is 104 Å². The van der Waals surface area contributed by atoms with Crippen molar-refractivity contribution < 1.29 is 14.7 Å². The highest BCUT2D eigenvalue weighted by Crippen LogP contribution is 2.14. The number of rotatable bonds is 4. The minimum atomic E-state index is -0.610. The third-order valence-electron chi connectivity index (χ3n) is 2.05. The standard InChI is InChI=1S/C11H13ClN2O3/c1-14(11(17)7-15)6-10(16)13-9-4-2-3-8(12)5-9/h2-5,15H,6-7H2,1H3,(H,13,16). The molecule has 1 aromatic rings. The number of nitrogens with zero attached hydrogens (tertiary/aromatic N) is 1. The van der Waals surface area contributed by atoms with Crippen LogP contribution >= 0.6 is 11.6 Å². The van der Waals surface area contributed by atoms with E-state index < -0.39 is 12.5 Å². The summed E-state index contributed by atoms with van der Waals surface area (Å²) in [4.78, 5) is 23.7. The Morgan fingerprint density at radius 3 is 2.76 bits per heavy atom. The van der Waals surface area contributed by atoms with Crippen molar-refractivity contribution in [3.05, 3.63) is 29.3 Å². The fourth-order valence-corrected chi connectivity index (χ4v) is 1.38. The molecule has 0 aliphatic heterocycles. The summed E-state index contributed by atoms with van der Waals surface area (Å²) in [7, 11) is 1.44. The average Bonchev–Trinajstić information content (AvgIpc) is 2.27. The first kappa shape index (κ1) is 13.5. The van der Waals surface area contributed by atoms with Crippen LogP contribution in [0.2, 0.25) is 5.02 Å². The van der Waals surface area contributed by atoms with Crippen LogP contribution in [0, 0.1) is 0 Å². The minimum Gasteiger partial charge on any atom is -0.387 e. The zero-order valence-electron chi connectivity index (χ0n) is 9.31. The maximum atomic E-state index is 11.5. The van der Waals surface area contributed by atoms with Crippen molar-refractivity contribution in [3.8, 4) is 0 Å². The molecule has 0 atom stereocenters. The lowest BCUT2D eigenvalue weighted by Gasteiger charge is -2.15. The van der Waals surface area contributed by atoms with Gasteiger partial charge in [0, 0.05) is 17.8 Å². The molecule has 2 N–H and O–H groups in total. The summed E-state index contributed by atoms with van der Waals surface area (Å²) in [5, 5.41) is 11.7. The van der Waals surface area contributed by atoms with Crippen molar-refractivity contribution in [3.63, 3.8) is 0 Å². The van der Waals surface area contributed by atoms with Gasteiger partial charge in [-0.1, -0.05) is 17.7 Å². The van der Waals surface area contributed by atoms with Gasteiger partial charge in [0.15, 0.2) is 0 Å².